The molecule has 0 saturated heterocycles. The van der Waals surface area contributed by atoms with Crippen LogP contribution in [-0.4, -0.2) is 48.4 Å². The van der Waals surface area contributed by atoms with Crippen LogP contribution < -0.4 is 10.1 Å². The van der Waals surface area contributed by atoms with E-state index in [1.165, 1.54) is 18.4 Å². The monoisotopic (exact) mass is 262 g/mol. The number of fused-ring (bicyclic) bond motifs is 1. The highest BCUT2D eigenvalue weighted by Crippen LogP contribution is 2.22. The van der Waals surface area contributed by atoms with Crippen LogP contribution in [0.4, 0.5) is 0 Å². The maximum absolute atomic E-state index is 10.1. The van der Waals surface area contributed by atoms with Crippen LogP contribution in [0.1, 0.15) is 18.4 Å². The molecule has 4 heteroatoms. The molecule has 2 N–H and O–H groups in total. The Labute approximate surface area is 114 Å². The number of rotatable bonds is 5. The second-order valence-electron chi connectivity index (χ2n) is 5.53. The summed E-state index contributed by atoms with van der Waals surface area (Å²) in [5, 5.41) is 13.4. The predicted octanol–water partition coefficient (Wildman–Crippen LogP) is 0.994. The molecule has 1 fully saturated rings. The maximum atomic E-state index is 10.1. The highest BCUT2D eigenvalue weighted by molar-refractivity contribution is 5.33. The van der Waals surface area contributed by atoms with Crippen molar-refractivity contribution in [2.45, 2.75) is 31.5 Å². The van der Waals surface area contributed by atoms with Gasteiger partial charge < -0.3 is 15.2 Å². The van der Waals surface area contributed by atoms with Crippen molar-refractivity contribution in [1.82, 2.24) is 10.2 Å². The Hall–Kier alpha value is -1.10. The smallest absolute Gasteiger partial charge is 0.123 e. The van der Waals surface area contributed by atoms with Crippen molar-refractivity contribution in [1.29, 1.82) is 0 Å². The molecule has 1 atom stereocenters. The fourth-order valence-electron chi connectivity index (χ4n) is 2.49. The molecule has 2 aliphatic rings. The molecule has 3 rings (SSSR count). The molecule has 0 spiro atoms. The van der Waals surface area contributed by atoms with Gasteiger partial charge in [0.2, 0.25) is 0 Å². The first-order valence-electron chi connectivity index (χ1n) is 7.16. The molecule has 0 aromatic heterocycles. The summed E-state index contributed by atoms with van der Waals surface area (Å²) in [6.07, 6.45) is 2.22. The summed E-state index contributed by atoms with van der Waals surface area (Å²) in [5.41, 5.74) is 1.21. The Morgan fingerprint density at radius 2 is 2.21 bits per heavy atom. The second-order valence-corrected chi connectivity index (χ2v) is 5.53. The third-order valence-electron chi connectivity index (χ3n) is 3.72. The topological polar surface area (TPSA) is 44.7 Å². The minimum Gasteiger partial charge on any atom is -0.492 e. The average molecular weight is 262 g/mol. The molecule has 1 heterocycles. The Balaban J connectivity index is 1.53. The number of para-hydroxylation sites is 1. The number of hydrogen-bond donors (Lipinski definition) is 2. The lowest BCUT2D eigenvalue weighted by molar-refractivity contribution is 0.103. The fourth-order valence-corrected chi connectivity index (χ4v) is 2.49. The summed E-state index contributed by atoms with van der Waals surface area (Å²) in [6, 6.07) is 8.81. The zero-order valence-corrected chi connectivity index (χ0v) is 11.2. The number of aliphatic hydroxyl groups excluding tert-OH is 1. The van der Waals surface area contributed by atoms with Gasteiger partial charge in [0.05, 0.1) is 6.10 Å². The van der Waals surface area contributed by atoms with E-state index in [2.05, 4.69) is 16.3 Å². The number of nitrogens with zero attached hydrogens (tertiary/aromatic N) is 1. The van der Waals surface area contributed by atoms with Gasteiger partial charge in [0, 0.05) is 37.8 Å². The zero-order chi connectivity index (χ0) is 13.1. The SMILES string of the molecule is OC(CNC1CC1)CN1CCOc2ccccc2C1. The van der Waals surface area contributed by atoms with Crippen molar-refractivity contribution in [2.24, 2.45) is 0 Å². The van der Waals surface area contributed by atoms with Crippen LogP contribution in [0.5, 0.6) is 5.75 Å². The van der Waals surface area contributed by atoms with E-state index in [0.717, 1.165) is 18.8 Å². The third-order valence-corrected chi connectivity index (χ3v) is 3.72. The van der Waals surface area contributed by atoms with Crippen molar-refractivity contribution in [2.75, 3.05) is 26.2 Å². The summed E-state index contributed by atoms with van der Waals surface area (Å²) in [6.45, 7) is 3.83. The standard InChI is InChI=1S/C15H22N2O2/c18-14(9-16-13-5-6-13)11-17-7-8-19-15-4-2-1-3-12(15)10-17/h1-4,13-14,16,18H,5-11H2. The molecule has 1 saturated carbocycles. The molecule has 19 heavy (non-hydrogen) atoms. The summed E-state index contributed by atoms with van der Waals surface area (Å²) >= 11 is 0. The molecule has 1 aliphatic heterocycles. The van der Waals surface area contributed by atoms with Gasteiger partial charge in [-0.2, -0.15) is 0 Å². The number of benzene rings is 1. The van der Waals surface area contributed by atoms with Gasteiger partial charge >= 0.3 is 0 Å². The number of β-amino-alcohol motifs (C(OH)–C–C–N with tert-alkyl or cyclic N) is 1. The first-order chi connectivity index (χ1) is 9.31. The normalized spacial score (nSPS) is 21.3. The lowest BCUT2D eigenvalue weighted by Gasteiger charge is -2.23. The van der Waals surface area contributed by atoms with Gasteiger partial charge in [0.15, 0.2) is 0 Å². The highest BCUT2D eigenvalue weighted by atomic mass is 16.5. The molecule has 1 aromatic carbocycles. The van der Waals surface area contributed by atoms with E-state index < -0.39 is 0 Å². The molecule has 4 nitrogen and oxygen atoms in total. The van der Waals surface area contributed by atoms with E-state index in [4.69, 9.17) is 4.74 Å². The van der Waals surface area contributed by atoms with E-state index in [9.17, 15) is 5.11 Å². The molecule has 1 aromatic rings. The lowest BCUT2D eigenvalue weighted by Crippen LogP contribution is -2.39. The van der Waals surface area contributed by atoms with Crippen LogP contribution in [0.15, 0.2) is 24.3 Å². The minimum absolute atomic E-state index is 0.300. The highest BCUT2D eigenvalue weighted by Gasteiger charge is 2.22. The third kappa shape index (κ3) is 3.69. The molecular formula is C15H22N2O2. The number of nitrogens with one attached hydrogen (secondary N) is 1. The summed E-state index contributed by atoms with van der Waals surface area (Å²) < 4.78 is 5.73. The van der Waals surface area contributed by atoms with Crippen molar-refractivity contribution >= 4 is 0 Å². The number of ether oxygens (including phenoxy) is 1. The van der Waals surface area contributed by atoms with Gasteiger partial charge in [-0.05, 0) is 18.9 Å². The van der Waals surface area contributed by atoms with Crippen molar-refractivity contribution in [3.05, 3.63) is 29.8 Å². The van der Waals surface area contributed by atoms with Crippen LogP contribution in [-0.2, 0) is 6.54 Å². The molecule has 0 radical (unpaired) electrons. The van der Waals surface area contributed by atoms with E-state index in [0.29, 0.717) is 25.7 Å². The van der Waals surface area contributed by atoms with E-state index in [1.54, 1.807) is 0 Å². The number of hydrogen-bond acceptors (Lipinski definition) is 4. The van der Waals surface area contributed by atoms with Crippen molar-refractivity contribution in [3.63, 3.8) is 0 Å². The number of aliphatic hydroxyl groups is 1. The maximum Gasteiger partial charge on any atom is 0.123 e. The van der Waals surface area contributed by atoms with Gasteiger partial charge in [-0.25, -0.2) is 0 Å². The molecule has 1 unspecified atom stereocenters. The predicted molar refractivity (Wildman–Crippen MR) is 74.2 cm³/mol. The van der Waals surface area contributed by atoms with E-state index >= 15 is 0 Å². The van der Waals surface area contributed by atoms with E-state index in [1.807, 2.05) is 18.2 Å². The second kappa shape index (κ2) is 5.90. The van der Waals surface area contributed by atoms with Crippen molar-refractivity contribution in [3.8, 4) is 5.75 Å². The molecular weight excluding hydrogens is 240 g/mol. The average Bonchev–Trinajstić information content (AvgIpc) is 3.23. The van der Waals surface area contributed by atoms with Crippen molar-refractivity contribution < 1.29 is 9.84 Å². The Morgan fingerprint density at radius 3 is 3.05 bits per heavy atom. The lowest BCUT2D eigenvalue weighted by atomic mass is 10.2. The molecule has 1 aliphatic carbocycles. The summed E-state index contributed by atoms with van der Waals surface area (Å²) in [5.74, 6) is 0.982. The zero-order valence-electron chi connectivity index (χ0n) is 11.2. The first-order valence-corrected chi connectivity index (χ1v) is 7.16. The van der Waals surface area contributed by atoms with Crippen LogP contribution in [0.3, 0.4) is 0 Å². The van der Waals surface area contributed by atoms with E-state index in [-0.39, 0.29) is 6.10 Å². The van der Waals surface area contributed by atoms with Gasteiger partial charge in [0.25, 0.3) is 0 Å². The molecule has 0 amide bonds. The quantitative estimate of drug-likeness (QED) is 0.831. The molecule has 104 valence electrons. The first kappa shape index (κ1) is 12.9. The van der Waals surface area contributed by atoms with Crippen LogP contribution in [0.25, 0.3) is 0 Å². The largest absolute Gasteiger partial charge is 0.492 e. The summed E-state index contributed by atoms with van der Waals surface area (Å²) in [7, 11) is 0. The minimum atomic E-state index is -0.300. The Kier molecular flexibility index (Phi) is 4.01. The fraction of sp³-hybridized carbons (Fsp3) is 0.600. The van der Waals surface area contributed by atoms with Gasteiger partial charge in [-0.3, -0.25) is 4.90 Å². The van der Waals surface area contributed by atoms with Gasteiger partial charge in [-0.1, -0.05) is 18.2 Å². The van der Waals surface area contributed by atoms with Gasteiger partial charge in [0.1, 0.15) is 12.4 Å². The van der Waals surface area contributed by atoms with Gasteiger partial charge in [-0.15, -0.1) is 0 Å². The van der Waals surface area contributed by atoms with Crippen LogP contribution in [0.2, 0.25) is 0 Å². The summed E-state index contributed by atoms with van der Waals surface area (Å²) in [4.78, 5) is 2.27. The van der Waals surface area contributed by atoms with Crippen LogP contribution >= 0.6 is 0 Å². The van der Waals surface area contributed by atoms with Crippen LogP contribution in [0, 0.1) is 0 Å². The Bertz CT molecular complexity index is 420. The molecule has 0 bridgehead atoms. The Morgan fingerprint density at radius 1 is 1.37 bits per heavy atom.